The lowest BCUT2D eigenvalue weighted by Gasteiger charge is -2.02. The molecule has 0 nitrogen and oxygen atoms in total. The molecule has 1 aromatic rings. The molecule has 3 heteroatoms. The smallest absolute Gasteiger partial charge is 0.0598 e. The van der Waals surface area contributed by atoms with Gasteiger partial charge < -0.3 is 0 Å². The van der Waals surface area contributed by atoms with Gasteiger partial charge in [-0.2, -0.15) is 0 Å². The van der Waals surface area contributed by atoms with E-state index in [9.17, 15) is 0 Å². The van der Waals surface area contributed by atoms with Crippen molar-refractivity contribution < 1.29 is 0 Å². The number of benzene rings is 1. The third-order valence-electron chi connectivity index (χ3n) is 1.49. The van der Waals surface area contributed by atoms with Gasteiger partial charge in [-0.1, -0.05) is 58.4 Å². The molecule has 0 saturated carbocycles. The van der Waals surface area contributed by atoms with Crippen molar-refractivity contribution in [3.63, 3.8) is 0 Å². The summed E-state index contributed by atoms with van der Waals surface area (Å²) in [4.78, 5) is 0. The molecule has 0 aliphatic rings. The van der Waals surface area contributed by atoms with Gasteiger partial charge in [-0.25, -0.2) is 0 Å². The zero-order valence-electron chi connectivity index (χ0n) is 6.28. The quantitative estimate of drug-likeness (QED) is 0.559. The monoisotopic (exact) mass is 312 g/mol. The van der Waals surface area contributed by atoms with E-state index in [0.29, 0.717) is 10.0 Å². The van der Waals surface area contributed by atoms with E-state index in [-0.39, 0.29) is 0 Å². The van der Waals surface area contributed by atoms with E-state index in [0.717, 1.165) is 15.6 Å². The summed E-state index contributed by atoms with van der Waals surface area (Å²) in [5, 5.41) is 1.17. The normalized spacial score (nSPS) is 9.92. The largest absolute Gasteiger partial charge is 0.0945 e. The SMILES string of the molecule is C=C(CI)c1ccc(Cl)c(Cl)c1. The summed E-state index contributed by atoms with van der Waals surface area (Å²) in [6, 6.07) is 5.55. The van der Waals surface area contributed by atoms with Crippen LogP contribution < -0.4 is 0 Å². The molecule has 0 amide bonds. The molecule has 0 radical (unpaired) electrons. The lowest BCUT2D eigenvalue weighted by molar-refractivity contribution is 1.60. The van der Waals surface area contributed by atoms with E-state index in [1.54, 1.807) is 6.07 Å². The van der Waals surface area contributed by atoms with E-state index in [1.165, 1.54) is 0 Å². The highest BCUT2D eigenvalue weighted by Gasteiger charge is 2.01. The minimum Gasteiger partial charge on any atom is -0.0945 e. The summed E-state index contributed by atoms with van der Waals surface area (Å²) in [5.74, 6) is 0. The number of allylic oxidation sites excluding steroid dienone is 1. The zero-order chi connectivity index (χ0) is 9.14. The molecule has 0 aromatic heterocycles. The highest BCUT2D eigenvalue weighted by Crippen LogP contribution is 2.26. The number of rotatable bonds is 2. The second kappa shape index (κ2) is 4.49. The third-order valence-corrected chi connectivity index (χ3v) is 3.15. The first-order valence-corrected chi connectivity index (χ1v) is 5.62. The molecule has 0 aliphatic heterocycles. The first-order valence-electron chi connectivity index (χ1n) is 3.34. The summed E-state index contributed by atoms with van der Waals surface area (Å²) in [7, 11) is 0. The van der Waals surface area contributed by atoms with Gasteiger partial charge in [0.1, 0.15) is 0 Å². The Morgan fingerprint density at radius 2 is 2.00 bits per heavy atom. The predicted octanol–water partition coefficient (Wildman–Crippen LogP) is 4.44. The molecule has 1 aromatic carbocycles. The molecular weight excluding hydrogens is 306 g/mol. The Morgan fingerprint density at radius 3 is 2.50 bits per heavy atom. The average Bonchev–Trinajstić information content (AvgIpc) is 2.08. The summed E-state index contributed by atoms with van der Waals surface area (Å²) >= 11 is 13.9. The van der Waals surface area contributed by atoms with Crippen molar-refractivity contribution in [2.45, 2.75) is 0 Å². The summed E-state index contributed by atoms with van der Waals surface area (Å²) < 4.78 is 0.899. The first kappa shape index (κ1) is 10.4. The highest BCUT2D eigenvalue weighted by atomic mass is 127. The third kappa shape index (κ3) is 2.38. The zero-order valence-corrected chi connectivity index (χ0v) is 9.95. The molecule has 0 aliphatic carbocycles. The standard InChI is InChI=1S/C9H7Cl2I/c1-6(5-12)7-2-3-8(10)9(11)4-7/h2-4H,1,5H2. The maximum atomic E-state index is 5.84. The van der Waals surface area contributed by atoms with Crippen LogP contribution in [0.5, 0.6) is 0 Å². The van der Waals surface area contributed by atoms with Crippen LogP contribution in [0.1, 0.15) is 5.56 Å². The fourth-order valence-corrected chi connectivity index (χ4v) is 1.53. The molecule has 0 saturated heterocycles. The Kier molecular flexibility index (Phi) is 3.87. The Morgan fingerprint density at radius 1 is 1.33 bits per heavy atom. The fraction of sp³-hybridized carbons (Fsp3) is 0.111. The molecule has 64 valence electrons. The molecule has 0 atom stereocenters. The number of alkyl halides is 1. The lowest BCUT2D eigenvalue weighted by Crippen LogP contribution is -1.83. The van der Waals surface area contributed by atoms with Crippen LogP contribution in [0, 0.1) is 0 Å². The molecule has 12 heavy (non-hydrogen) atoms. The molecule has 0 unspecified atom stereocenters. The van der Waals surface area contributed by atoms with Crippen molar-refractivity contribution in [2.75, 3.05) is 4.43 Å². The second-order valence-corrected chi connectivity index (χ2v) is 3.94. The summed E-state index contributed by atoms with van der Waals surface area (Å²) in [6.45, 7) is 3.90. The first-order chi connectivity index (χ1) is 5.65. The Bertz CT molecular complexity index is 307. The van der Waals surface area contributed by atoms with Crippen LogP contribution in [0.2, 0.25) is 10.0 Å². The van der Waals surface area contributed by atoms with Crippen molar-refractivity contribution in [1.82, 2.24) is 0 Å². The maximum absolute atomic E-state index is 5.84. The Balaban J connectivity index is 3.05. The molecule has 0 N–H and O–H groups in total. The Hall–Kier alpha value is 0.270. The lowest BCUT2D eigenvalue weighted by atomic mass is 10.1. The van der Waals surface area contributed by atoms with Gasteiger partial charge in [-0.05, 0) is 23.3 Å². The maximum Gasteiger partial charge on any atom is 0.0598 e. The van der Waals surface area contributed by atoms with Gasteiger partial charge in [-0.15, -0.1) is 0 Å². The fourth-order valence-electron chi connectivity index (χ4n) is 0.793. The van der Waals surface area contributed by atoms with E-state index in [4.69, 9.17) is 23.2 Å². The summed E-state index contributed by atoms with van der Waals surface area (Å²) in [5.41, 5.74) is 2.12. The van der Waals surface area contributed by atoms with E-state index in [2.05, 4.69) is 29.2 Å². The predicted molar refractivity (Wildman–Crippen MR) is 64.4 cm³/mol. The van der Waals surface area contributed by atoms with Crippen LogP contribution in [-0.4, -0.2) is 4.43 Å². The molecule has 0 spiro atoms. The van der Waals surface area contributed by atoms with Crippen molar-refractivity contribution in [3.05, 3.63) is 40.4 Å². The van der Waals surface area contributed by atoms with Crippen LogP contribution in [0.4, 0.5) is 0 Å². The van der Waals surface area contributed by atoms with Crippen LogP contribution in [0.25, 0.3) is 5.57 Å². The minimum absolute atomic E-state index is 0.583. The van der Waals surface area contributed by atoms with Gasteiger partial charge in [0, 0.05) is 4.43 Å². The van der Waals surface area contributed by atoms with Gasteiger partial charge in [-0.3, -0.25) is 0 Å². The minimum atomic E-state index is 0.583. The van der Waals surface area contributed by atoms with Gasteiger partial charge in [0.25, 0.3) is 0 Å². The van der Waals surface area contributed by atoms with Gasteiger partial charge in [0.2, 0.25) is 0 Å². The second-order valence-electron chi connectivity index (χ2n) is 2.37. The van der Waals surface area contributed by atoms with Crippen LogP contribution in [0.3, 0.4) is 0 Å². The highest BCUT2D eigenvalue weighted by molar-refractivity contribution is 14.1. The van der Waals surface area contributed by atoms with Gasteiger partial charge in [0.05, 0.1) is 10.0 Å². The molecule has 1 rings (SSSR count). The van der Waals surface area contributed by atoms with Crippen LogP contribution in [0.15, 0.2) is 24.8 Å². The van der Waals surface area contributed by atoms with E-state index >= 15 is 0 Å². The van der Waals surface area contributed by atoms with Crippen molar-refractivity contribution in [3.8, 4) is 0 Å². The average molecular weight is 313 g/mol. The van der Waals surface area contributed by atoms with Crippen LogP contribution >= 0.6 is 45.8 Å². The number of hydrogen-bond acceptors (Lipinski definition) is 0. The summed E-state index contributed by atoms with van der Waals surface area (Å²) in [6.07, 6.45) is 0. The van der Waals surface area contributed by atoms with E-state index < -0.39 is 0 Å². The Labute approximate surface area is 95.7 Å². The molecular formula is C9H7Cl2I. The molecule has 0 heterocycles. The number of hydrogen-bond donors (Lipinski definition) is 0. The van der Waals surface area contributed by atoms with Crippen LogP contribution in [-0.2, 0) is 0 Å². The van der Waals surface area contributed by atoms with Crippen molar-refractivity contribution in [1.29, 1.82) is 0 Å². The van der Waals surface area contributed by atoms with Gasteiger partial charge in [0.15, 0.2) is 0 Å². The van der Waals surface area contributed by atoms with Gasteiger partial charge >= 0.3 is 0 Å². The molecule has 0 bridgehead atoms. The van der Waals surface area contributed by atoms with E-state index in [1.807, 2.05) is 12.1 Å². The van der Waals surface area contributed by atoms with Crippen molar-refractivity contribution >= 4 is 51.4 Å². The molecule has 0 fully saturated rings. The number of halogens is 3. The van der Waals surface area contributed by atoms with Crippen molar-refractivity contribution in [2.24, 2.45) is 0 Å². The topological polar surface area (TPSA) is 0 Å².